The average molecular weight is 299 g/mol. The molecule has 1 rings (SSSR count). The van der Waals surface area contributed by atoms with E-state index in [-0.39, 0.29) is 25.8 Å². The van der Waals surface area contributed by atoms with Crippen LogP contribution >= 0.6 is 0 Å². The van der Waals surface area contributed by atoms with Crippen molar-refractivity contribution in [1.29, 1.82) is 0 Å². The summed E-state index contributed by atoms with van der Waals surface area (Å²) < 4.78 is 4.82. The van der Waals surface area contributed by atoms with Crippen molar-refractivity contribution in [3.63, 3.8) is 0 Å². The number of rotatable bonds is 8. The Morgan fingerprint density at radius 2 is 2.10 bits per heavy atom. The molecule has 1 heterocycles. The Bertz CT molecular complexity index is 513. The lowest BCUT2D eigenvalue weighted by atomic mass is 10.1. The first-order valence-electron chi connectivity index (χ1n) is 6.29. The molecule has 9 heteroatoms. The molecule has 1 aromatic heterocycles. The van der Waals surface area contributed by atoms with Crippen LogP contribution in [-0.2, 0) is 16.1 Å². The van der Waals surface area contributed by atoms with Crippen LogP contribution in [0.1, 0.15) is 30.7 Å². The summed E-state index contributed by atoms with van der Waals surface area (Å²) >= 11 is 0. The van der Waals surface area contributed by atoms with E-state index in [2.05, 4.69) is 15.8 Å². The maximum absolute atomic E-state index is 11.6. The second kappa shape index (κ2) is 7.88. The number of nitrogens with one attached hydrogen (secondary N) is 2. The second-order valence-corrected chi connectivity index (χ2v) is 4.43. The zero-order valence-electron chi connectivity index (χ0n) is 11.5. The molecule has 0 aliphatic carbocycles. The molecule has 116 valence electrons. The predicted molar refractivity (Wildman–Crippen MR) is 69.5 cm³/mol. The maximum Gasteiger partial charge on any atom is 0.326 e. The molecule has 0 saturated heterocycles. The Morgan fingerprint density at radius 3 is 2.62 bits per heavy atom. The van der Waals surface area contributed by atoms with E-state index in [9.17, 15) is 14.4 Å². The van der Waals surface area contributed by atoms with Crippen LogP contribution in [-0.4, -0.2) is 39.4 Å². The van der Waals surface area contributed by atoms with Crippen LogP contribution in [0.5, 0.6) is 0 Å². The van der Waals surface area contributed by atoms with Crippen molar-refractivity contribution < 1.29 is 29.1 Å². The monoisotopic (exact) mass is 299 g/mol. The summed E-state index contributed by atoms with van der Waals surface area (Å²) in [6, 6.07) is -0.163. The number of carboxylic acids is 2. The molecule has 1 aromatic rings. The first kappa shape index (κ1) is 16.5. The highest BCUT2D eigenvalue weighted by atomic mass is 16.5. The van der Waals surface area contributed by atoms with Gasteiger partial charge in [-0.3, -0.25) is 4.79 Å². The van der Waals surface area contributed by atoms with Gasteiger partial charge in [-0.05, 0) is 19.8 Å². The Kier molecular flexibility index (Phi) is 6.18. The van der Waals surface area contributed by atoms with Crippen molar-refractivity contribution in [3.8, 4) is 0 Å². The van der Waals surface area contributed by atoms with E-state index in [1.165, 1.54) is 0 Å². The smallest absolute Gasteiger partial charge is 0.326 e. The maximum atomic E-state index is 11.6. The van der Waals surface area contributed by atoms with Crippen molar-refractivity contribution >= 4 is 18.0 Å². The highest BCUT2D eigenvalue weighted by molar-refractivity contribution is 5.82. The van der Waals surface area contributed by atoms with Crippen molar-refractivity contribution in [3.05, 3.63) is 17.5 Å². The van der Waals surface area contributed by atoms with E-state index < -0.39 is 24.0 Å². The average Bonchev–Trinajstić information content (AvgIpc) is 2.80. The highest BCUT2D eigenvalue weighted by Gasteiger charge is 2.19. The van der Waals surface area contributed by atoms with Crippen molar-refractivity contribution in [2.45, 2.75) is 38.8 Å². The molecule has 0 spiro atoms. The number of hydrogen-bond donors (Lipinski definition) is 4. The fraction of sp³-hybridized carbons (Fsp3) is 0.500. The van der Waals surface area contributed by atoms with E-state index in [1.54, 1.807) is 13.0 Å². The molecular weight excluding hydrogens is 282 g/mol. The number of amides is 2. The van der Waals surface area contributed by atoms with Gasteiger partial charge < -0.3 is 25.4 Å². The molecule has 2 amide bonds. The summed E-state index contributed by atoms with van der Waals surface area (Å²) in [7, 11) is 0. The Morgan fingerprint density at radius 1 is 1.38 bits per heavy atom. The van der Waals surface area contributed by atoms with E-state index in [0.29, 0.717) is 11.5 Å². The van der Waals surface area contributed by atoms with Gasteiger partial charge in [0.1, 0.15) is 17.5 Å². The van der Waals surface area contributed by atoms with E-state index >= 15 is 0 Å². The van der Waals surface area contributed by atoms with Crippen molar-refractivity contribution in [2.75, 3.05) is 0 Å². The van der Waals surface area contributed by atoms with Gasteiger partial charge in [0.2, 0.25) is 0 Å². The van der Waals surface area contributed by atoms with Gasteiger partial charge in [0.15, 0.2) is 0 Å². The van der Waals surface area contributed by atoms with Crippen LogP contribution in [0.2, 0.25) is 0 Å². The molecule has 1 atom stereocenters. The highest BCUT2D eigenvalue weighted by Crippen LogP contribution is 2.03. The quantitative estimate of drug-likeness (QED) is 0.547. The molecule has 0 bridgehead atoms. The summed E-state index contributed by atoms with van der Waals surface area (Å²) in [5.74, 6) is -1.62. The number of aliphatic carboxylic acids is 2. The number of nitrogens with zero attached hydrogens (tertiary/aromatic N) is 1. The molecule has 0 radical (unpaired) electrons. The number of carbonyl (C=O) groups is 3. The lowest BCUT2D eigenvalue weighted by Crippen LogP contribution is -2.45. The molecule has 0 aliphatic rings. The summed E-state index contributed by atoms with van der Waals surface area (Å²) in [5.41, 5.74) is 0.514. The van der Waals surface area contributed by atoms with Crippen molar-refractivity contribution in [1.82, 2.24) is 15.8 Å². The Labute approximate surface area is 120 Å². The lowest BCUT2D eigenvalue weighted by molar-refractivity contribution is -0.140. The Hall–Kier alpha value is -2.58. The summed E-state index contributed by atoms with van der Waals surface area (Å²) in [6.07, 6.45) is 0.0540. The van der Waals surface area contributed by atoms with Gasteiger partial charge in [0.05, 0.1) is 6.54 Å². The van der Waals surface area contributed by atoms with Gasteiger partial charge >= 0.3 is 18.0 Å². The minimum atomic E-state index is -1.21. The number of carboxylic acid groups (broad SMARTS) is 2. The number of aryl methyl sites for hydroxylation is 1. The fourth-order valence-corrected chi connectivity index (χ4v) is 1.60. The van der Waals surface area contributed by atoms with E-state index in [1.807, 2.05) is 0 Å². The number of aromatic nitrogens is 1. The van der Waals surface area contributed by atoms with Crippen LogP contribution in [0, 0.1) is 6.92 Å². The third-order valence-corrected chi connectivity index (χ3v) is 2.59. The van der Waals surface area contributed by atoms with E-state index in [0.717, 1.165) is 0 Å². The van der Waals surface area contributed by atoms with Crippen LogP contribution in [0.15, 0.2) is 10.6 Å². The molecule has 4 N–H and O–H groups in total. The fourth-order valence-electron chi connectivity index (χ4n) is 1.60. The minimum absolute atomic E-state index is 0.0398. The Balaban J connectivity index is 2.37. The van der Waals surface area contributed by atoms with Gasteiger partial charge in [0, 0.05) is 12.5 Å². The first-order valence-corrected chi connectivity index (χ1v) is 6.29. The van der Waals surface area contributed by atoms with E-state index in [4.69, 9.17) is 14.7 Å². The van der Waals surface area contributed by atoms with Crippen LogP contribution < -0.4 is 10.6 Å². The third kappa shape index (κ3) is 6.41. The number of carbonyl (C=O) groups excluding carboxylic acids is 1. The van der Waals surface area contributed by atoms with Crippen LogP contribution in [0.3, 0.4) is 0 Å². The molecule has 0 aliphatic heterocycles. The van der Waals surface area contributed by atoms with Crippen LogP contribution in [0.4, 0.5) is 4.79 Å². The molecule has 0 aromatic carbocycles. The molecule has 0 saturated carbocycles. The van der Waals surface area contributed by atoms with Gasteiger partial charge in [-0.1, -0.05) is 5.16 Å². The third-order valence-electron chi connectivity index (χ3n) is 2.59. The normalized spacial score (nSPS) is 11.7. The second-order valence-electron chi connectivity index (χ2n) is 4.43. The lowest BCUT2D eigenvalue weighted by Gasteiger charge is -2.14. The summed E-state index contributed by atoms with van der Waals surface area (Å²) in [4.78, 5) is 32.9. The number of urea groups is 1. The standard InChI is InChI=1S/C12H17N3O6/c1-7-5-8(15-21-7)6-13-12(20)14-9(11(18)19)3-2-4-10(16)17/h5,9H,2-4,6H2,1H3,(H,16,17)(H,18,19)(H2,13,14,20)/t9-/m1/s1. The topological polar surface area (TPSA) is 142 Å². The molecule has 0 fully saturated rings. The molecule has 0 unspecified atom stereocenters. The van der Waals surface area contributed by atoms with Gasteiger partial charge in [-0.2, -0.15) is 0 Å². The minimum Gasteiger partial charge on any atom is -0.481 e. The largest absolute Gasteiger partial charge is 0.481 e. The molecule has 9 nitrogen and oxygen atoms in total. The van der Waals surface area contributed by atoms with Crippen molar-refractivity contribution in [2.24, 2.45) is 0 Å². The van der Waals surface area contributed by atoms with Gasteiger partial charge in [0.25, 0.3) is 0 Å². The molecular formula is C12H17N3O6. The zero-order valence-corrected chi connectivity index (χ0v) is 11.5. The van der Waals surface area contributed by atoms with Gasteiger partial charge in [-0.25, -0.2) is 9.59 Å². The number of hydrogen-bond acceptors (Lipinski definition) is 5. The first-order chi connectivity index (χ1) is 9.88. The summed E-state index contributed by atoms with van der Waals surface area (Å²) in [6.45, 7) is 1.81. The summed E-state index contributed by atoms with van der Waals surface area (Å²) in [5, 5.41) is 25.8. The zero-order chi connectivity index (χ0) is 15.8. The van der Waals surface area contributed by atoms with Crippen LogP contribution in [0.25, 0.3) is 0 Å². The SMILES string of the molecule is Cc1cc(CNC(=O)N[C@H](CCCC(=O)O)C(=O)O)no1. The van der Waals surface area contributed by atoms with Gasteiger partial charge in [-0.15, -0.1) is 0 Å². The predicted octanol–water partition coefficient (Wildman–Crippen LogP) is 0.490. The molecule has 21 heavy (non-hydrogen) atoms.